The van der Waals surface area contributed by atoms with E-state index in [1.165, 1.54) is 23.8 Å². The summed E-state index contributed by atoms with van der Waals surface area (Å²) in [5, 5.41) is 24.7. The highest BCUT2D eigenvalue weighted by Crippen LogP contribution is 2.40. The van der Waals surface area contributed by atoms with Crippen molar-refractivity contribution in [3.05, 3.63) is 47.2 Å². The Hall–Kier alpha value is -3.56. The molecule has 36 heavy (non-hydrogen) atoms. The van der Waals surface area contributed by atoms with Crippen molar-refractivity contribution in [2.45, 2.75) is 30.8 Å². The predicted molar refractivity (Wildman–Crippen MR) is 130 cm³/mol. The van der Waals surface area contributed by atoms with Crippen LogP contribution in [0.1, 0.15) is 17.8 Å². The van der Waals surface area contributed by atoms with Crippen molar-refractivity contribution in [1.29, 1.82) is 0 Å². The fourth-order valence-electron chi connectivity index (χ4n) is 3.88. The van der Waals surface area contributed by atoms with Crippen LogP contribution in [0, 0.1) is 0 Å². The fourth-order valence-corrected chi connectivity index (χ4v) is 5.65. The highest BCUT2D eigenvalue weighted by Gasteiger charge is 2.54. The number of thioether (sulfide) groups is 1. The SMILES string of the molecule is CON=C(C(=O)NC1C(=O)N2C(C(=O)O)=C(C[n+]3ccc(CCCO)cc3)CS[C@H]12)c1nsc(N)n1. The second-order valence-electron chi connectivity index (χ2n) is 7.90. The Morgan fingerprint density at radius 2 is 2.14 bits per heavy atom. The summed E-state index contributed by atoms with van der Waals surface area (Å²) in [6.07, 6.45) is 5.09. The third-order valence-corrected chi connectivity index (χ3v) is 7.43. The number of carbonyl (C=O) groups is 3. The van der Waals surface area contributed by atoms with E-state index in [1.807, 2.05) is 29.1 Å². The largest absolute Gasteiger partial charge is 0.477 e. The zero-order chi connectivity index (χ0) is 25.8. The molecule has 0 saturated carbocycles. The van der Waals surface area contributed by atoms with Crippen LogP contribution in [-0.2, 0) is 32.2 Å². The number of β-lactam (4-membered cyclic amide) rings is 1. The molecule has 2 amide bonds. The van der Waals surface area contributed by atoms with Crippen LogP contribution in [-0.4, -0.2) is 78.9 Å². The Morgan fingerprint density at radius 1 is 1.39 bits per heavy atom. The lowest BCUT2D eigenvalue weighted by Crippen LogP contribution is -2.71. The highest BCUT2D eigenvalue weighted by atomic mass is 32.2. The zero-order valence-electron chi connectivity index (χ0n) is 19.2. The number of anilines is 1. The number of rotatable bonds is 10. The number of pyridine rings is 1. The van der Waals surface area contributed by atoms with Crippen molar-refractivity contribution >= 4 is 51.9 Å². The summed E-state index contributed by atoms with van der Waals surface area (Å²) in [7, 11) is 1.25. The number of aliphatic carboxylic acids is 1. The smallest absolute Gasteiger partial charge is 0.352 e. The van der Waals surface area contributed by atoms with Gasteiger partial charge in [0.2, 0.25) is 11.5 Å². The third-order valence-electron chi connectivity index (χ3n) is 5.54. The van der Waals surface area contributed by atoms with Gasteiger partial charge in [-0.25, -0.2) is 9.36 Å². The minimum absolute atomic E-state index is 0.0374. The normalized spacial score (nSPS) is 19.6. The molecule has 0 bridgehead atoms. The first-order valence-electron chi connectivity index (χ1n) is 10.8. The summed E-state index contributed by atoms with van der Waals surface area (Å²) in [6.45, 7) is 0.411. The average Bonchev–Trinajstić information content (AvgIpc) is 3.30. The van der Waals surface area contributed by atoms with Crippen LogP contribution in [0.15, 0.2) is 41.0 Å². The van der Waals surface area contributed by atoms with E-state index in [9.17, 15) is 19.5 Å². The summed E-state index contributed by atoms with van der Waals surface area (Å²) in [5.41, 5.74) is 6.90. The average molecular weight is 535 g/mol. The van der Waals surface area contributed by atoms with Crippen LogP contribution in [0.3, 0.4) is 0 Å². The van der Waals surface area contributed by atoms with E-state index in [-0.39, 0.29) is 29.0 Å². The van der Waals surface area contributed by atoms with Crippen LogP contribution < -0.4 is 15.6 Å². The van der Waals surface area contributed by atoms with Crippen molar-refractivity contribution in [3.63, 3.8) is 0 Å². The van der Waals surface area contributed by atoms with E-state index in [2.05, 4.69) is 19.8 Å². The molecule has 0 aromatic carbocycles. The number of carbonyl (C=O) groups excluding carboxylic acids is 2. The first-order valence-corrected chi connectivity index (χ1v) is 12.7. The topological polar surface area (TPSA) is 184 Å². The van der Waals surface area contributed by atoms with Crippen molar-refractivity contribution in [1.82, 2.24) is 19.6 Å². The van der Waals surface area contributed by atoms with E-state index in [4.69, 9.17) is 15.7 Å². The van der Waals surface area contributed by atoms with Gasteiger partial charge >= 0.3 is 5.97 Å². The number of hydrogen-bond donors (Lipinski definition) is 4. The van der Waals surface area contributed by atoms with Gasteiger partial charge < -0.3 is 26.1 Å². The van der Waals surface area contributed by atoms with Crippen LogP contribution in [0.25, 0.3) is 0 Å². The van der Waals surface area contributed by atoms with Crippen LogP contribution >= 0.6 is 23.3 Å². The van der Waals surface area contributed by atoms with Crippen molar-refractivity contribution < 1.29 is 34.0 Å². The van der Waals surface area contributed by atoms with Crippen LogP contribution in [0.5, 0.6) is 0 Å². The number of carboxylic acids is 1. The van der Waals surface area contributed by atoms with Gasteiger partial charge in [0, 0.05) is 41.6 Å². The Morgan fingerprint density at radius 3 is 2.75 bits per heavy atom. The number of nitrogens with zero attached hydrogens (tertiary/aromatic N) is 5. The summed E-state index contributed by atoms with van der Waals surface area (Å²) in [4.78, 5) is 47.8. The Balaban J connectivity index is 1.49. The van der Waals surface area contributed by atoms with E-state index < -0.39 is 29.2 Å². The number of aromatic nitrogens is 3. The molecule has 0 spiro atoms. The monoisotopic (exact) mass is 534 g/mol. The lowest BCUT2D eigenvalue weighted by molar-refractivity contribution is -0.689. The highest BCUT2D eigenvalue weighted by molar-refractivity contribution is 8.00. The maximum Gasteiger partial charge on any atom is 0.352 e. The van der Waals surface area contributed by atoms with Crippen LogP contribution in [0.2, 0.25) is 0 Å². The van der Waals surface area contributed by atoms with Gasteiger partial charge in [0.25, 0.3) is 11.8 Å². The molecular formula is C21H24N7O6S2+. The molecule has 2 aliphatic heterocycles. The maximum absolute atomic E-state index is 13.0. The number of fused-ring (bicyclic) bond motifs is 1. The lowest BCUT2D eigenvalue weighted by Gasteiger charge is -2.49. The molecule has 1 saturated heterocycles. The minimum Gasteiger partial charge on any atom is -0.477 e. The number of oxime groups is 1. The first kappa shape index (κ1) is 25.5. The molecule has 13 nitrogen and oxygen atoms in total. The molecule has 5 N–H and O–H groups in total. The molecule has 1 fully saturated rings. The first-order chi connectivity index (χ1) is 17.3. The van der Waals surface area contributed by atoms with Gasteiger partial charge in [0.15, 0.2) is 24.1 Å². The van der Waals surface area contributed by atoms with E-state index >= 15 is 0 Å². The minimum atomic E-state index is -1.21. The molecule has 0 aliphatic carbocycles. The molecule has 2 aromatic heterocycles. The number of amides is 2. The van der Waals surface area contributed by atoms with E-state index in [0.29, 0.717) is 24.3 Å². The van der Waals surface area contributed by atoms with Gasteiger partial charge in [-0.15, -0.1) is 11.8 Å². The lowest BCUT2D eigenvalue weighted by atomic mass is 10.0. The molecule has 15 heteroatoms. The molecule has 2 aliphatic rings. The Kier molecular flexibility index (Phi) is 7.81. The molecule has 190 valence electrons. The standard InChI is InChI=1S/C21H23N7O6S2/c1-34-25-13(16-24-21(22)36-26-16)17(30)23-14-18(31)28-15(20(32)33)12(10-35-19(14)28)9-27-6-4-11(5-7-27)3-2-8-29/h4-7,14,19,29H,2-3,8-10H2,1H3,(H3-,22,23,24,26,30,32,33)/p+1/t14?,19-/m1/s1. The van der Waals surface area contributed by atoms with Gasteiger partial charge in [0.1, 0.15) is 24.2 Å². The summed E-state index contributed by atoms with van der Waals surface area (Å²) in [6, 6.07) is 2.88. The second kappa shape index (κ2) is 11.0. The quantitative estimate of drug-likeness (QED) is 0.129. The Bertz CT molecular complexity index is 1230. The number of aliphatic hydroxyl groups is 1. The third kappa shape index (κ3) is 5.17. The molecule has 4 rings (SSSR count). The number of carboxylic acid groups (broad SMARTS) is 1. The van der Waals surface area contributed by atoms with E-state index in [0.717, 1.165) is 23.5 Å². The van der Waals surface area contributed by atoms with Crippen molar-refractivity contribution in [2.75, 3.05) is 25.2 Å². The number of aryl methyl sites for hydroxylation is 1. The summed E-state index contributed by atoms with van der Waals surface area (Å²) in [5.74, 6) is -2.16. The zero-order valence-corrected chi connectivity index (χ0v) is 20.8. The number of nitrogens with one attached hydrogen (secondary N) is 1. The van der Waals surface area contributed by atoms with Gasteiger partial charge in [-0.2, -0.15) is 9.36 Å². The van der Waals surface area contributed by atoms with Gasteiger partial charge in [-0.1, -0.05) is 5.16 Å². The predicted octanol–water partition coefficient (Wildman–Crippen LogP) is -0.878. The number of hydrogen-bond acceptors (Lipinski definition) is 11. The summed E-state index contributed by atoms with van der Waals surface area (Å²) >= 11 is 2.24. The second-order valence-corrected chi connectivity index (χ2v) is 9.79. The van der Waals surface area contributed by atoms with Gasteiger partial charge in [0.05, 0.1) is 0 Å². The summed E-state index contributed by atoms with van der Waals surface area (Å²) < 4.78 is 5.79. The Labute approximate surface area is 213 Å². The number of nitrogen functional groups attached to an aromatic ring is 1. The molecule has 1 unspecified atom stereocenters. The number of aliphatic hydroxyl groups excluding tert-OH is 1. The number of nitrogens with two attached hydrogens (primary N) is 1. The molecule has 0 radical (unpaired) electrons. The molecule has 2 atom stereocenters. The van der Waals surface area contributed by atoms with E-state index in [1.54, 1.807) is 0 Å². The van der Waals surface area contributed by atoms with Gasteiger partial charge in [-0.05, 0) is 18.4 Å². The molecule has 4 heterocycles. The molecular weight excluding hydrogens is 510 g/mol. The van der Waals surface area contributed by atoms with Crippen LogP contribution in [0.4, 0.5) is 5.13 Å². The fraction of sp³-hybridized carbons (Fsp3) is 0.381. The maximum atomic E-state index is 13.0. The van der Waals surface area contributed by atoms with Crippen molar-refractivity contribution in [3.8, 4) is 0 Å². The van der Waals surface area contributed by atoms with Crippen molar-refractivity contribution in [2.24, 2.45) is 5.16 Å². The molecule has 2 aromatic rings. The van der Waals surface area contributed by atoms with Gasteiger partial charge in [-0.3, -0.25) is 14.5 Å².